The Morgan fingerprint density at radius 3 is 2.48 bits per heavy atom. The highest BCUT2D eigenvalue weighted by atomic mass is 16.6. The van der Waals surface area contributed by atoms with Crippen molar-refractivity contribution in [2.24, 2.45) is 0 Å². The van der Waals surface area contributed by atoms with Crippen LogP contribution in [0, 0.1) is 0 Å². The minimum Gasteiger partial charge on any atom is -0.464 e. The topological polar surface area (TPSA) is 108 Å². The fourth-order valence-electron chi connectivity index (χ4n) is 1.88. The lowest BCUT2D eigenvalue weighted by atomic mass is 9.97. The number of hydrogen-bond acceptors (Lipinski definition) is 8. The molecule has 8 nitrogen and oxygen atoms in total. The summed E-state index contributed by atoms with van der Waals surface area (Å²) in [6.45, 7) is 6.76. The van der Waals surface area contributed by atoms with Crippen LogP contribution < -0.4 is 0 Å². The first-order valence-corrected chi connectivity index (χ1v) is 7.40. The standard InChI is InChI=1S/C9H14O5.C6H12O3/c1-3-13-8(11)9(2,12)6-4-5-7(10)14-6;1-5(4-8-3)9-6(2)7/h6,12H,3-5H2,1-2H3;5H,4H2,1-3H3. The molecule has 0 aromatic heterocycles. The van der Waals surface area contributed by atoms with Gasteiger partial charge in [0.25, 0.3) is 0 Å². The van der Waals surface area contributed by atoms with Gasteiger partial charge in [-0.15, -0.1) is 0 Å². The molecule has 1 heterocycles. The lowest BCUT2D eigenvalue weighted by Gasteiger charge is -2.25. The van der Waals surface area contributed by atoms with E-state index in [4.69, 9.17) is 14.2 Å². The Balaban J connectivity index is 0.000000468. The molecule has 1 fully saturated rings. The molecule has 23 heavy (non-hydrogen) atoms. The van der Waals surface area contributed by atoms with Crippen molar-refractivity contribution in [3.05, 3.63) is 0 Å². The predicted molar refractivity (Wildman–Crippen MR) is 79.5 cm³/mol. The van der Waals surface area contributed by atoms with Crippen LogP contribution in [0.25, 0.3) is 0 Å². The van der Waals surface area contributed by atoms with Gasteiger partial charge in [-0.05, 0) is 27.2 Å². The Morgan fingerprint density at radius 2 is 2.09 bits per heavy atom. The second kappa shape index (κ2) is 10.2. The molecule has 134 valence electrons. The zero-order valence-electron chi connectivity index (χ0n) is 14.3. The van der Waals surface area contributed by atoms with Crippen molar-refractivity contribution in [3.8, 4) is 0 Å². The van der Waals surface area contributed by atoms with E-state index in [0.29, 0.717) is 13.0 Å². The SMILES string of the molecule is CCOC(=O)C(C)(O)C1CCC(=O)O1.COCC(C)OC(C)=O. The average Bonchev–Trinajstić information content (AvgIpc) is 2.86. The van der Waals surface area contributed by atoms with Crippen LogP contribution in [0.3, 0.4) is 0 Å². The fourth-order valence-corrected chi connectivity index (χ4v) is 1.88. The summed E-state index contributed by atoms with van der Waals surface area (Å²) in [5.41, 5.74) is -1.73. The van der Waals surface area contributed by atoms with E-state index in [9.17, 15) is 19.5 Å². The van der Waals surface area contributed by atoms with Crippen molar-refractivity contribution in [2.75, 3.05) is 20.3 Å². The number of methoxy groups -OCH3 is 1. The summed E-state index contributed by atoms with van der Waals surface area (Å²) in [5, 5.41) is 9.78. The van der Waals surface area contributed by atoms with E-state index in [1.165, 1.54) is 13.8 Å². The first kappa shape index (κ1) is 21.3. The van der Waals surface area contributed by atoms with Crippen molar-refractivity contribution in [2.45, 2.75) is 58.3 Å². The van der Waals surface area contributed by atoms with Crippen LogP contribution in [0.2, 0.25) is 0 Å². The Kier molecular flexibility index (Phi) is 9.43. The fraction of sp³-hybridized carbons (Fsp3) is 0.800. The molecule has 0 radical (unpaired) electrons. The molecule has 0 spiro atoms. The monoisotopic (exact) mass is 334 g/mol. The lowest BCUT2D eigenvalue weighted by molar-refractivity contribution is -0.178. The first-order chi connectivity index (χ1) is 10.6. The van der Waals surface area contributed by atoms with Crippen LogP contribution in [0.4, 0.5) is 0 Å². The van der Waals surface area contributed by atoms with E-state index in [1.807, 2.05) is 0 Å². The zero-order chi connectivity index (χ0) is 18.0. The third-order valence-corrected chi connectivity index (χ3v) is 2.97. The number of rotatable bonds is 6. The minimum atomic E-state index is -1.73. The third kappa shape index (κ3) is 7.94. The van der Waals surface area contributed by atoms with Gasteiger partial charge in [-0.1, -0.05) is 0 Å². The molecule has 1 N–H and O–H groups in total. The van der Waals surface area contributed by atoms with Crippen LogP contribution in [0.15, 0.2) is 0 Å². The van der Waals surface area contributed by atoms with E-state index >= 15 is 0 Å². The maximum Gasteiger partial charge on any atom is 0.341 e. The molecule has 0 aliphatic carbocycles. The van der Waals surface area contributed by atoms with Crippen molar-refractivity contribution < 1.29 is 38.4 Å². The van der Waals surface area contributed by atoms with E-state index in [1.54, 1.807) is 21.0 Å². The highest BCUT2D eigenvalue weighted by Gasteiger charge is 2.46. The Morgan fingerprint density at radius 1 is 1.48 bits per heavy atom. The lowest BCUT2D eigenvalue weighted by Crippen LogP contribution is -2.47. The summed E-state index contributed by atoms with van der Waals surface area (Å²) in [6, 6.07) is 0. The van der Waals surface area contributed by atoms with Crippen LogP contribution in [0.5, 0.6) is 0 Å². The molecule has 0 aromatic carbocycles. The van der Waals surface area contributed by atoms with Gasteiger partial charge in [0.15, 0.2) is 5.60 Å². The minimum absolute atomic E-state index is 0.132. The van der Waals surface area contributed by atoms with Gasteiger partial charge in [-0.2, -0.15) is 0 Å². The summed E-state index contributed by atoms with van der Waals surface area (Å²) >= 11 is 0. The van der Waals surface area contributed by atoms with Gasteiger partial charge in [0.1, 0.15) is 12.2 Å². The van der Waals surface area contributed by atoms with Gasteiger partial charge in [-0.25, -0.2) is 4.79 Å². The van der Waals surface area contributed by atoms with Crippen LogP contribution in [-0.4, -0.2) is 61.1 Å². The van der Waals surface area contributed by atoms with Crippen LogP contribution in [0.1, 0.15) is 40.5 Å². The normalized spacial score (nSPS) is 20.4. The van der Waals surface area contributed by atoms with Gasteiger partial charge < -0.3 is 24.1 Å². The number of ether oxygens (including phenoxy) is 4. The summed E-state index contributed by atoms with van der Waals surface area (Å²) in [4.78, 5) is 32.3. The van der Waals surface area contributed by atoms with Gasteiger partial charge in [0, 0.05) is 20.5 Å². The van der Waals surface area contributed by atoms with E-state index in [2.05, 4.69) is 4.74 Å². The molecule has 3 atom stereocenters. The number of carbonyl (C=O) groups is 3. The molecule has 1 saturated heterocycles. The molecule has 1 rings (SSSR count). The Hall–Kier alpha value is -1.67. The van der Waals surface area contributed by atoms with Crippen molar-refractivity contribution in [1.29, 1.82) is 0 Å². The number of cyclic esters (lactones) is 1. The van der Waals surface area contributed by atoms with Crippen molar-refractivity contribution in [3.63, 3.8) is 0 Å². The Bertz CT molecular complexity index is 404. The summed E-state index contributed by atoms with van der Waals surface area (Å²) in [6.07, 6.45) is -0.327. The quantitative estimate of drug-likeness (QED) is 0.555. The molecular weight excluding hydrogens is 308 g/mol. The van der Waals surface area contributed by atoms with Crippen molar-refractivity contribution in [1.82, 2.24) is 0 Å². The van der Waals surface area contributed by atoms with Gasteiger partial charge >= 0.3 is 17.9 Å². The second-order valence-electron chi connectivity index (χ2n) is 5.26. The molecule has 0 bridgehead atoms. The van der Waals surface area contributed by atoms with Gasteiger partial charge in [0.2, 0.25) is 0 Å². The predicted octanol–water partition coefficient (Wildman–Crippen LogP) is 0.590. The Labute approximate surface area is 136 Å². The third-order valence-electron chi connectivity index (χ3n) is 2.97. The molecule has 0 amide bonds. The summed E-state index contributed by atoms with van der Waals surface area (Å²) in [5.74, 6) is -1.40. The largest absolute Gasteiger partial charge is 0.464 e. The molecule has 0 saturated carbocycles. The number of aliphatic hydroxyl groups is 1. The summed E-state index contributed by atoms with van der Waals surface area (Å²) < 4.78 is 18.9. The molecule has 1 aliphatic heterocycles. The first-order valence-electron chi connectivity index (χ1n) is 7.40. The number of hydrogen-bond donors (Lipinski definition) is 1. The van der Waals surface area contributed by atoms with Crippen LogP contribution in [-0.2, 0) is 33.3 Å². The molecular formula is C15H26O8. The maximum absolute atomic E-state index is 11.3. The van der Waals surface area contributed by atoms with Crippen LogP contribution >= 0.6 is 0 Å². The molecule has 1 aliphatic rings. The smallest absolute Gasteiger partial charge is 0.341 e. The number of carbonyl (C=O) groups excluding carboxylic acids is 3. The summed E-state index contributed by atoms with van der Waals surface area (Å²) in [7, 11) is 1.57. The van der Waals surface area contributed by atoms with Gasteiger partial charge in [-0.3, -0.25) is 9.59 Å². The highest BCUT2D eigenvalue weighted by molar-refractivity contribution is 5.81. The second-order valence-corrected chi connectivity index (χ2v) is 5.26. The zero-order valence-corrected chi connectivity index (χ0v) is 14.3. The number of esters is 3. The van der Waals surface area contributed by atoms with Gasteiger partial charge in [0.05, 0.1) is 13.2 Å². The highest BCUT2D eigenvalue weighted by Crippen LogP contribution is 2.25. The molecule has 8 heteroatoms. The van der Waals surface area contributed by atoms with Crippen molar-refractivity contribution >= 4 is 17.9 Å². The van der Waals surface area contributed by atoms with E-state index < -0.39 is 17.7 Å². The molecule has 3 unspecified atom stereocenters. The molecule has 0 aromatic rings. The van der Waals surface area contributed by atoms with E-state index in [-0.39, 0.29) is 31.1 Å². The van der Waals surface area contributed by atoms with E-state index in [0.717, 1.165) is 0 Å². The average molecular weight is 334 g/mol. The maximum atomic E-state index is 11.3.